The first-order valence-electron chi connectivity index (χ1n) is 11.6. The second kappa shape index (κ2) is 19.8. The van der Waals surface area contributed by atoms with Crippen LogP contribution >= 0.6 is 0 Å². The van der Waals surface area contributed by atoms with Crippen molar-refractivity contribution in [2.24, 2.45) is 0 Å². The number of carbonyl (C=O) groups excluding carboxylic acids is 3. The third kappa shape index (κ3) is 13.4. The summed E-state index contributed by atoms with van der Waals surface area (Å²) in [5.74, 6) is -13.0. The van der Waals surface area contributed by atoms with Gasteiger partial charge < -0.3 is 26.8 Å². The van der Waals surface area contributed by atoms with Crippen LogP contribution in [0.15, 0.2) is 4.90 Å². The molecule has 2 amide bonds. The molecule has 2 rings (SSSR count). The molecule has 1 aromatic carbocycles. The Hall–Kier alpha value is -0.274. The molecule has 10 nitrogen and oxygen atoms in total. The van der Waals surface area contributed by atoms with Crippen LogP contribution in [0.3, 0.4) is 0 Å². The summed E-state index contributed by atoms with van der Waals surface area (Å²) in [6.07, 6.45) is 4.57. The Bertz CT molecular complexity index is 1090. The van der Waals surface area contributed by atoms with E-state index < -0.39 is 50.0 Å². The van der Waals surface area contributed by atoms with E-state index in [0.29, 0.717) is 44.6 Å². The Morgan fingerprint density at radius 2 is 1.45 bits per heavy atom. The number of amides is 2. The molecule has 2 atom stereocenters. The fourth-order valence-electron chi connectivity index (χ4n) is 3.65. The summed E-state index contributed by atoms with van der Waals surface area (Å²) in [7, 11) is -5.79. The van der Waals surface area contributed by atoms with Gasteiger partial charge in [0.15, 0.2) is 17.6 Å². The van der Waals surface area contributed by atoms with E-state index in [4.69, 9.17) is 0 Å². The zero-order valence-electron chi connectivity index (χ0n) is 23.0. The minimum Gasteiger partial charge on any atom is -0.744 e. The molecule has 1 heterocycles. The first-order chi connectivity index (χ1) is 17.6. The van der Waals surface area contributed by atoms with Gasteiger partial charge in [-0.3, -0.25) is 26.2 Å². The summed E-state index contributed by atoms with van der Waals surface area (Å²) in [6.45, 7) is 12.0. The Morgan fingerprint density at radius 3 is 1.88 bits per heavy atom. The van der Waals surface area contributed by atoms with Gasteiger partial charge in [-0.2, -0.15) is 15.2 Å². The van der Waals surface area contributed by atoms with Crippen molar-refractivity contribution in [1.29, 1.82) is 0 Å². The smallest absolute Gasteiger partial charge is 0.744 e. The molecule has 0 aromatic heterocycles. The number of hydrogen-bond acceptors (Lipinski definition) is 8. The van der Waals surface area contributed by atoms with Crippen molar-refractivity contribution in [2.45, 2.75) is 62.9 Å². The molecule has 0 radical (unpaired) electrons. The van der Waals surface area contributed by atoms with Crippen molar-refractivity contribution < 1.29 is 131 Å². The number of benzene rings is 1. The summed E-state index contributed by atoms with van der Waals surface area (Å²) >= 11 is 0. The Labute approximate surface area is 296 Å². The van der Waals surface area contributed by atoms with Crippen LogP contribution in [0.2, 0.25) is 0 Å². The molecule has 1 saturated heterocycles. The summed E-state index contributed by atoms with van der Waals surface area (Å²) in [4.78, 5) is 33.5. The number of hydrogen-bond donors (Lipinski definition) is 2. The van der Waals surface area contributed by atoms with Gasteiger partial charge in [0.1, 0.15) is 15.0 Å². The van der Waals surface area contributed by atoms with Gasteiger partial charge >= 0.3 is 80.9 Å². The van der Waals surface area contributed by atoms with Gasteiger partial charge in [-0.05, 0) is 33.2 Å². The predicted molar refractivity (Wildman–Crippen MR) is 125 cm³/mol. The number of nitrogens with one attached hydrogen (secondary N) is 2. The molecule has 0 spiro atoms. The number of ether oxygens (including phenoxy) is 1. The van der Waals surface area contributed by atoms with Crippen LogP contribution in [0.25, 0.3) is 0 Å². The van der Waals surface area contributed by atoms with E-state index in [-0.39, 0.29) is 92.8 Å². The summed E-state index contributed by atoms with van der Waals surface area (Å²) < 4.78 is 87.4. The molecule has 1 fully saturated rings. The third-order valence-corrected chi connectivity index (χ3v) is 6.38. The van der Waals surface area contributed by atoms with Gasteiger partial charge in [-0.15, -0.1) is 0 Å². The molecule has 1 aromatic rings. The van der Waals surface area contributed by atoms with Crippen LogP contribution in [0, 0.1) is 37.1 Å². The van der Waals surface area contributed by atoms with E-state index in [0.717, 1.165) is 12.8 Å². The molecule has 216 valence electrons. The van der Waals surface area contributed by atoms with Crippen molar-refractivity contribution >= 4 is 27.9 Å². The van der Waals surface area contributed by atoms with E-state index in [1.807, 2.05) is 0 Å². The molecule has 0 aliphatic carbocycles. The number of likely N-dealkylation sites (tertiary alicyclic amines) is 1. The predicted octanol–water partition coefficient (Wildman–Crippen LogP) is -4.01. The fourth-order valence-corrected chi connectivity index (χ4v) is 4.27. The molecule has 17 heteroatoms. The van der Waals surface area contributed by atoms with Crippen LogP contribution in [0.4, 0.5) is 17.6 Å². The monoisotopic (exact) mass is 630 g/mol. The van der Waals surface area contributed by atoms with Crippen molar-refractivity contribution in [3.63, 3.8) is 0 Å². The van der Waals surface area contributed by atoms with Crippen molar-refractivity contribution in [3.8, 4) is 5.75 Å². The van der Waals surface area contributed by atoms with Gasteiger partial charge in [-0.25, -0.2) is 17.2 Å². The van der Waals surface area contributed by atoms with Gasteiger partial charge in [0, 0.05) is 25.0 Å². The average Bonchev–Trinajstić information content (AvgIpc) is 2.81. The molecule has 0 bridgehead atoms. The normalized spacial score (nSPS) is 16.8. The summed E-state index contributed by atoms with van der Waals surface area (Å²) in [5.41, 5.74) is 0. The van der Waals surface area contributed by atoms with E-state index >= 15 is 0 Å². The average molecular weight is 631 g/mol. The van der Waals surface area contributed by atoms with E-state index in [9.17, 15) is 44.9 Å². The largest absolute Gasteiger partial charge is 1.00 e. The van der Waals surface area contributed by atoms with Gasteiger partial charge in [0.2, 0.25) is 29.2 Å². The van der Waals surface area contributed by atoms with Crippen LogP contribution in [-0.4, -0.2) is 67.4 Å². The van der Waals surface area contributed by atoms with Crippen LogP contribution in [0.1, 0.15) is 46.0 Å². The van der Waals surface area contributed by atoms with Gasteiger partial charge in [-0.1, -0.05) is 6.42 Å². The first-order valence-corrected chi connectivity index (χ1v) is 13.0. The van der Waals surface area contributed by atoms with E-state index in [1.165, 1.54) is 6.42 Å². The molecule has 1 aliphatic rings. The number of piperidine rings is 1. The Balaban J connectivity index is 0. The number of rotatable bonds is 9. The quantitative estimate of drug-likeness (QED) is 0.0535. The summed E-state index contributed by atoms with van der Waals surface area (Å²) in [6, 6.07) is 0.926. The number of esters is 1. The molecule has 2 N–H and O–H groups in total. The minimum absolute atomic E-state index is 0. The van der Waals surface area contributed by atoms with E-state index in [1.54, 1.807) is 0 Å². The minimum atomic E-state index is -5.79. The number of halogens is 4. The molecule has 0 saturated carbocycles. The molecule has 1 aliphatic heterocycles. The third-order valence-electron chi connectivity index (χ3n) is 5.52. The number of nitrogens with zero attached hydrogens (tertiary/aromatic N) is 1. The van der Waals surface area contributed by atoms with Gasteiger partial charge in [0.05, 0.1) is 6.54 Å². The molecule has 40 heavy (non-hydrogen) atoms. The van der Waals surface area contributed by atoms with Crippen LogP contribution in [0.5, 0.6) is 5.75 Å². The van der Waals surface area contributed by atoms with Crippen molar-refractivity contribution in [2.75, 3.05) is 19.6 Å². The maximum absolute atomic E-state index is 13.1. The fraction of sp³-hybridized carbons (Fsp3) is 0.522. The first kappa shape index (κ1) is 41.9. The van der Waals surface area contributed by atoms with Crippen LogP contribution < -0.4 is 96.3 Å². The van der Waals surface area contributed by atoms with E-state index in [2.05, 4.69) is 48.0 Å². The van der Waals surface area contributed by atoms with Gasteiger partial charge in [0.25, 0.3) is 0 Å². The second-order valence-corrected chi connectivity index (χ2v) is 9.76. The zero-order valence-corrected chi connectivity index (χ0v) is 28.9. The van der Waals surface area contributed by atoms with Crippen molar-refractivity contribution in [3.05, 3.63) is 37.1 Å². The number of carbonyl (C=O) groups is 3. The molecular weight excluding hydrogens is 600 g/mol. The maximum atomic E-state index is 13.1. The summed E-state index contributed by atoms with van der Waals surface area (Å²) in [5, 5.41) is 5.56. The molecule has 2 unspecified atom stereocenters. The maximum Gasteiger partial charge on any atom is 1.00 e. The Kier molecular flexibility index (Phi) is 20.7. The topological polar surface area (TPSA) is 145 Å². The second-order valence-electron chi connectivity index (χ2n) is 8.45. The van der Waals surface area contributed by atoms with Crippen molar-refractivity contribution in [1.82, 2.24) is 15.5 Å². The Morgan fingerprint density at radius 1 is 0.975 bits per heavy atom. The zero-order chi connectivity index (χ0) is 29.2. The SMILES string of the molecule is [CH2-]C(=O)Oc1c(F)c(F)c(S(=O)(=O)[O-])c(F)c1F.[CH2-]CCNC(=O)CCNC(=O)CN1C(C)CCCC1C.[K+].[Na+]. The van der Waals surface area contributed by atoms with Crippen LogP contribution in [-0.2, 0) is 24.5 Å². The standard InChI is InChI=1S/C15H28N3O2.C8H3F4O5S.K.Na/c1-4-9-16-14(19)8-10-17-15(20)11-18-12(2)6-5-7-13(18)3;1-2(13)17-7-3(9)5(11)8(18(14,15)16)6(12)4(7)10;;/h12-13H,1,4-11H2,2-3H3,(H,16,19)(H,17,20);1H2,(H,14,15,16);;/q2*-1;2*+1/p-1. The molecular formula is C23H30F4KN3NaO7S-.